The monoisotopic (exact) mass is 1450 g/mol. The van der Waals surface area contributed by atoms with Crippen LogP contribution >= 0.6 is 21.6 Å². The van der Waals surface area contributed by atoms with Gasteiger partial charge in [0.25, 0.3) is 5.97 Å². The summed E-state index contributed by atoms with van der Waals surface area (Å²) < 4.78 is 0. The van der Waals surface area contributed by atoms with Crippen LogP contribution in [0.3, 0.4) is 0 Å². The number of carboxylic acid groups (broad SMARTS) is 4. The number of aromatic hydroxyl groups is 1. The van der Waals surface area contributed by atoms with Gasteiger partial charge in [0.05, 0.1) is 18.6 Å². The first-order valence-corrected chi connectivity index (χ1v) is 35.0. The fraction of sp³-hybridized carbons (Fsp3) is 0.485. The number of rotatable bonds is 27. The van der Waals surface area contributed by atoms with Gasteiger partial charge in [-0.05, 0) is 92.8 Å². The Bertz CT molecular complexity index is 3560. The summed E-state index contributed by atoms with van der Waals surface area (Å²) in [7, 11) is 1.65. The number of likely N-dealkylation sites (tertiary alicyclic amines) is 1. The van der Waals surface area contributed by atoms with Gasteiger partial charge in [0.15, 0.2) is 0 Å². The molecule has 3 heterocycles. The van der Waals surface area contributed by atoms with E-state index in [9.17, 15) is 68.4 Å². The number of aliphatic hydroxyl groups is 1. The zero-order valence-electron chi connectivity index (χ0n) is 56.0. The zero-order valence-corrected chi connectivity index (χ0v) is 57.6. The number of aromatic amines is 1. The smallest absolute Gasteiger partial charge is 0.326 e. The van der Waals surface area contributed by atoms with Crippen molar-refractivity contribution < 1.29 is 97.8 Å². The number of aliphatic carboxylic acids is 4. The van der Waals surface area contributed by atoms with E-state index < -0.39 is 186 Å². The van der Waals surface area contributed by atoms with E-state index in [1.165, 1.54) is 45.0 Å². The van der Waals surface area contributed by atoms with Crippen LogP contribution in [-0.2, 0) is 86.4 Å². The number of fused-ring (bicyclic) bond motifs is 1. The lowest BCUT2D eigenvalue weighted by Crippen LogP contribution is -2.62. The van der Waals surface area contributed by atoms with Crippen LogP contribution < -0.4 is 59.3 Å². The Balaban J connectivity index is 0.00000447. The Hall–Kier alpha value is -9.84. The summed E-state index contributed by atoms with van der Waals surface area (Å²) in [6, 6.07) is 3.64. The SMILES string of the molecule is CC(=O)O.CC(C)C(NC(=O)C1CSSCC(NC(=O)C(CC(=O)O)NC(=O)C2CCCN2C(=O)C(NC(=O)C(N)CCC(=O)O)C(C)O)C(=O)NC(Cc2ccccc2)C(=O)NC(Cc2c[nH]c3ccccc23)C(=O)NC(CCCCN)C(=O)NC(Cc2ccc(O)cc2)C(=O)N1)C(=O)O. The topological polar surface area (TPSA) is 540 Å². The first-order valence-electron chi connectivity index (χ1n) is 32.5. The van der Waals surface area contributed by atoms with E-state index in [4.69, 9.17) is 26.5 Å². The van der Waals surface area contributed by atoms with Crippen molar-refractivity contribution >= 4 is 115 Å². The van der Waals surface area contributed by atoms with Crippen LogP contribution in [0.5, 0.6) is 5.75 Å². The third kappa shape index (κ3) is 26.3. The maximum atomic E-state index is 15.1. The number of aromatic nitrogens is 1. The maximum Gasteiger partial charge on any atom is 0.326 e. The van der Waals surface area contributed by atoms with Crippen molar-refractivity contribution in [1.29, 1.82) is 0 Å². The van der Waals surface area contributed by atoms with Gasteiger partial charge in [-0.15, -0.1) is 0 Å². The van der Waals surface area contributed by atoms with Gasteiger partial charge < -0.3 is 99.8 Å². The Morgan fingerprint density at radius 3 is 1.80 bits per heavy atom. The number of hydrogen-bond acceptors (Lipinski definition) is 20. The Kier molecular flexibility index (Phi) is 32.7. The van der Waals surface area contributed by atoms with Crippen LogP contribution in [0.4, 0.5) is 0 Å². The lowest BCUT2D eigenvalue weighted by atomic mass is 10.0. The van der Waals surface area contributed by atoms with Crippen LogP contribution in [-0.4, -0.2) is 221 Å². The number of carboxylic acids is 4. The molecule has 0 aliphatic carbocycles. The number of benzene rings is 3. The molecule has 2 aliphatic heterocycles. The molecule has 20 N–H and O–H groups in total. The molecule has 550 valence electrons. The number of phenolic OH excluding ortho intramolecular Hbond substituents is 1. The third-order valence-corrected chi connectivity index (χ3v) is 18.6. The second-order valence-corrected chi connectivity index (χ2v) is 27.1. The van der Waals surface area contributed by atoms with Crippen molar-refractivity contribution in [3.05, 3.63) is 102 Å². The van der Waals surface area contributed by atoms with Gasteiger partial charge in [-0.25, -0.2) is 4.79 Å². The molecule has 2 aliphatic rings. The molecule has 35 heteroatoms. The minimum Gasteiger partial charge on any atom is -0.508 e. The second-order valence-electron chi connectivity index (χ2n) is 24.5. The number of carbonyl (C=O) groups is 14. The number of unbranched alkanes of at least 4 members (excludes halogenated alkanes) is 1. The summed E-state index contributed by atoms with van der Waals surface area (Å²) in [5, 5.41) is 81.5. The number of nitrogens with one attached hydrogen (secondary N) is 10. The van der Waals surface area contributed by atoms with Crippen LogP contribution in [0.15, 0.2) is 85.1 Å². The summed E-state index contributed by atoms with van der Waals surface area (Å²) in [4.78, 5) is 194. The maximum absolute atomic E-state index is 15.1. The first-order chi connectivity index (χ1) is 47.9. The molecule has 2 saturated heterocycles. The molecule has 0 spiro atoms. The lowest BCUT2D eigenvalue weighted by molar-refractivity contribution is -0.145. The summed E-state index contributed by atoms with van der Waals surface area (Å²) in [6.45, 7) is 5.40. The molecule has 12 atom stereocenters. The molecule has 0 bridgehead atoms. The average molecular weight is 1450 g/mol. The van der Waals surface area contributed by atoms with E-state index in [0.29, 0.717) is 34.0 Å². The molecular formula is C66H89N13O20S2. The summed E-state index contributed by atoms with van der Waals surface area (Å²) in [6.07, 6.45) is -1.85. The van der Waals surface area contributed by atoms with Gasteiger partial charge in [-0.1, -0.05) is 96.1 Å². The van der Waals surface area contributed by atoms with Gasteiger partial charge in [0, 0.05) is 67.8 Å². The molecule has 6 rings (SSSR count). The fourth-order valence-corrected chi connectivity index (χ4v) is 13.1. The Labute approximate surface area is 588 Å². The van der Waals surface area contributed by atoms with Crippen molar-refractivity contribution in [3.8, 4) is 5.75 Å². The van der Waals surface area contributed by atoms with Gasteiger partial charge >= 0.3 is 17.9 Å². The molecule has 1 aromatic heterocycles. The number of para-hydroxylation sites is 1. The van der Waals surface area contributed by atoms with E-state index in [1.807, 2.05) is 0 Å². The van der Waals surface area contributed by atoms with Gasteiger partial charge in [-0.2, -0.15) is 0 Å². The number of amides is 10. The van der Waals surface area contributed by atoms with E-state index in [1.54, 1.807) is 60.8 Å². The molecule has 4 aromatic rings. The molecule has 0 radical (unpaired) electrons. The highest BCUT2D eigenvalue weighted by molar-refractivity contribution is 8.76. The van der Waals surface area contributed by atoms with E-state index in [2.05, 4.69) is 52.8 Å². The lowest BCUT2D eigenvalue weighted by Gasteiger charge is -2.31. The highest BCUT2D eigenvalue weighted by atomic mass is 33.1. The van der Waals surface area contributed by atoms with Gasteiger partial charge in [0.1, 0.15) is 66.2 Å². The van der Waals surface area contributed by atoms with Crippen molar-refractivity contribution in [2.75, 3.05) is 24.6 Å². The average Bonchev–Trinajstić information content (AvgIpc) is 1.74. The first kappa shape index (κ1) is 81.8. The summed E-state index contributed by atoms with van der Waals surface area (Å²) >= 11 is 0. The van der Waals surface area contributed by atoms with Gasteiger partial charge in [-0.3, -0.25) is 62.3 Å². The highest BCUT2D eigenvalue weighted by Crippen LogP contribution is 2.26. The summed E-state index contributed by atoms with van der Waals surface area (Å²) in [5.74, 6) is -16.8. The van der Waals surface area contributed by atoms with Crippen molar-refractivity contribution in [2.24, 2.45) is 17.4 Å². The quantitative estimate of drug-likeness (QED) is 0.0243. The molecule has 33 nitrogen and oxygen atoms in total. The number of nitrogens with two attached hydrogens (primary N) is 2. The molecule has 0 saturated carbocycles. The van der Waals surface area contributed by atoms with Gasteiger partial charge in [0.2, 0.25) is 59.1 Å². The van der Waals surface area contributed by atoms with Crippen LogP contribution in [0.1, 0.15) is 95.8 Å². The van der Waals surface area contributed by atoms with E-state index in [0.717, 1.165) is 33.4 Å². The standard InChI is InChI=1S/C64H85N13O18S2.C2H4O2/c1-33(2)52(64(94)95)75-61(91)48-32-97-96-31-47(73-59(89)46(29-51(82)83)72-62(92)49-17-11-25-77(49)63(93)53(34(3)78)76-54(84)40(66)22-23-50(80)81)60(90)70-43(26-35-12-5-4-6-13-35)56(86)71-45(28-37-30-67-41-15-8-7-14-39(37)41)58(88)68-42(16-9-10-24-65)55(85)69-44(57(87)74-48)27-36-18-20-38(79)21-19-36;1-2(3)4/h4-8,12-15,18-21,30,33-34,40,42-49,52-53,67,78-79H,9-11,16-17,22-29,31-32,65-66H2,1-3H3,(H,68,88)(H,69,85)(H,70,90)(H,71,86)(H,72,92)(H,73,89)(H,74,87)(H,75,91)(H,76,84)(H,80,81)(H,82,83)(H,94,95);1H3,(H,3,4). The summed E-state index contributed by atoms with van der Waals surface area (Å²) in [5.41, 5.74) is 13.9. The Morgan fingerprint density at radius 2 is 1.21 bits per heavy atom. The number of aliphatic hydroxyl groups excluding tert-OH is 1. The predicted octanol–water partition coefficient (Wildman–Crippen LogP) is -1.34. The largest absolute Gasteiger partial charge is 0.508 e. The molecule has 12 unspecified atom stereocenters. The number of phenols is 1. The number of hydrogen-bond donors (Lipinski definition) is 18. The molecule has 2 fully saturated rings. The van der Waals surface area contributed by atoms with Crippen molar-refractivity contribution in [3.63, 3.8) is 0 Å². The van der Waals surface area contributed by atoms with E-state index in [-0.39, 0.29) is 70.2 Å². The second kappa shape index (κ2) is 40.4. The molecule has 10 amide bonds. The zero-order chi connectivity index (χ0) is 74.6. The van der Waals surface area contributed by atoms with Crippen molar-refractivity contribution in [1.82, 2.24) is 57.7 Å². The fourth-order valence-electron chi connectivity index (χ4n) is 10.8. The van der Waals surface area contributed by atoms with Crippen LogP contribution in [0.2, 0.25) is 0 Å². The third-order valence-electron chi connectivity index (χ3n) is 16.2. The van der Waals surface area contributed by atoms with Crippen LogP contribution in [0.25, 0.3) is 10.9 Å². The Morgan fingerprint density at radius 1 is 0.644 bits per heavy atom. The minimum absolute atomic E-state index is 0.0443. The number of H-pyrrole nitrogens is 1. The van der Waals surface area contributed by atoms with Crippen LogP contribution in [0, 0.1) is 5.92 Å². The predicted molar refractivity (Wildman–Crippen MR) is 368 cm³/mol. The minimum atomic E-state index is -2.00. The number of carbonyl (C=O) groups excluding carboxylic acids is 10. The van der Waals surface area contributed by atoms with Crippen molar-refractivity contribution in [2.45, 2.75) is 171 Å². The normalized spacial score (nSPS) is 21.0. The number of nitrogens with zero attached hydrogens (tertiary/aromatic N) is 1. The molecule has 101 heavy (non-hydrogen) atoms. The molecular weight excluding hydrogens is 1360 g/mol. The van der Waals surface area contributed by atoms with E-state index >= 15 is 14.4 Å². The highest BCUT2D eigenvalue weighted by Gasteiger charge is 2.42. The molecule has 3 aromatic carbocycles.